The first-order chi connectivity index (χ1) is 24.1. The SMILES string of the molecule is CCCCCCCCCCCCCCCC(=O)NC(COC1OC(CO)C(OC2OC(CO)C(O)C(O)C2O)C(O)C1O)C(O)CCCCC. The van der Waals surface area contributed by atoms with Gasteiger partial charge in [0.1, 0.15) is 48.8 Å². The van der Waals surface area contributed by atoms with Crippen LogP contribution in [0.3, 0.4) is 0 Å². The van der Waals surface area contributed by atoms with E-state index in [0.717, 1.165) is 44.9 Å². The summed E-state index contributed by atoms with van der Waals surface area (Å²) >= 11 is 0. The van der Waals surface area contributed by atoms with Gasteiger partial charge in [-0.1, -0.05) is 110 Å². The number of ether oxygens (including phenoxy) is 4. The second-order valence-electron chi connectivity index (χ2n) is 14.1. The zero-order valence-corrected chi connectivity index (χ0v) is 30.4. The van der Waals surface area contributed by atoms with Gasteiger partial charge in [-0.3, -0.25) is 4.79 Å². The third kappa shape index (κ3) is 15.5. The first-order valence-corrected chi connectivity index (χ1v) is 19.3. The minimum Gasteiger partial charge on any atom is -0.394 e. The van der Waals surface area contributed by atoms with Crippen LogP contribution >= 0.6 is 0 Å². The van der Waals surface area contributed by atoms with Crippen molar-refractivity contribution in [2.24, 2.45) is 0 Å². The fourth-order valence-electron chi connectivity index (χ4n) is 6.53. The maximum absolute atomic E-state index is 12.9. The summed E-state index contributed by atoms with van der Waals surface area (Å²) in [6, 6.07) is -0.815. The molecule has 12 unspecified atom stereocenters. The Hall–Kier alpha value is -1.01. The average molecular weight is 724 g/mol. The largest absolute Gasteiger partial charge is 0.394 e. The Morgan fingerprint density at radius 1 is 0.640 bits per heavy atom. The van der Waals surface area contributed by atoms with Gasteiger partial charge in [0.25, 0.3) is 0 Å². The van der Waals surface area contributed by atoms with Gasteiger partial charge in [0.2, 0.25) is 5.91 Å². The monoisotopic (exact) mass is 723 g/mol. The highest BCUT2D eigenvalue weighted by Gasteiger charge is 2.50. The summed E-state index contributed by atoms with van der Waals surface area (Å²) in [5.74, 6) is -0.220. The maximum atomic E-state index is 12.9. The van der Waals surface area contributed by atoms with E-state index in [4.69, 9.17) is 18.9 Å². The van der Waals surface area contributed by atoms with Crippen molar-refractivity contribution in [1.29, 1.82) is 0 Å². The summed E-state index contributed by atoms with van der Waals surface area (Å²) in [6.07, 6.45) is 2.29. The van der Waals surface area contributed by atoms with Crippen LogP contribution in [0.25, 0.3) is 0 Å². The zero-order chi connectivity index (χ0) is 36.9. The standard InChI is InChI=1S/C36H69NO13/c1-3-5-7-8-9-10-11-12-13-14-15-16-18-20-28(41)37-24(25(40)19-17-6-4-2)23-47-35-33(46)31(44)34(27(22-39)49-35)50-36-32(45)30(43)29(42)26(21-38)48-36/h24-27,29-36,38-40,42-46H,3-23H2,1-2H3,(H,37,41). The lowest BCUT2D eigenvalue weighted by atomic mass is 9.97. The van der Waals surface area contributed by atoms with Crippen molar-refractivity contribution < 1.29 is 64.6 Å². The normalized spacial score (nSPS) is 31.4. The minimum absolute atomic E-state index is 0.220. The second-order valence-corrected chi connectivity index (χ2v) is 14.1. The van der Waals surface area contributed by atoms with E-state index >= 15 is 0 Å². The van der Waals surface area contributed by atoms with Crippen LogP contribution in [0, 0.1) is 0 Å². The number of nitrogens with one attached hydrogen (secondary N) is 1. The average Bonchev–Trinajstić information content (AvgIpc) is 3.11. The van der Waals surface area contributed by atoms with Crippen molar-refractivity contribution in [3.8, 4) is 0 Å². The molecule has 2 aliphatic heterocycles. The second kappa shape index (κ2) is 25.9. The van der Waals surface area contributed by atoms with E-state index in [1.54, 1.807) is 0 Å². The number of aliphatic hydroxyl groups excluding tert-OH is 8. The van der Waals surface area contributed by atoms with E-state index in [1.165, 1.54) is 57.8 Å². The van der Waals surface area contributed by atoms with Crippen LogP contribution in [0.5, 0.6) is 0 Å². The fourth-order valence-corrected chi connectivity index (χ4v) is 6.53. The Morgan fingerprint density at radius 3 is 1.70 bits per heavy atom. The van der Waals surface area contributed by atoms with Crippen LogP contribution in [0.15, 0.2) is 0 Å². The van der Waals surface area contributed by atoms with Crippen molar-refractivity contribution in [2.45, 2.75) is 203 Å². The van der Waals surface area contributed by atoms with Crippen LogP contribution in [-0.4, -0.2) is 140 Å². The van der Waals surface area contributed by atoms with Gasteiger partial charge in [-0.2, -0.15) is 0 Å². The van der Waals surface area contributed by atoms with Crippen LogP contribution < -0.4 is 5.32 Å². The molecular weight excluding hydrogens is 654 g/mol. The van der Waals surface area contributed by atoms with Crippen LogP contribution in [-0.2, 0) is 23.7 Å². The molecule has 0 aliphatic carbocycles. The highest BCUT2D eigenvalue weighted by molar-refractivity contribution is 5.76. The first kappa shape index (κ1) is 45.1. The lowest BCUT2D eigenvalue weighted by molar-refractivity contribution is -0.359. The van der Waals surface area contributed by atoms with Gasteiger partial charge in [-0.25, -0.2) is 0 Å². The van der Waals surface area contributed by atoms with Gasteiger partial charge < -0.3 is 65.1 Å². The van der Waals surface area contributed by atoms with Gasteiger partial charge in [-0.05, 0) is 12.8 Å². The molecule has 2 heterocycles. The molecule has 50 heavy (non-hydrogen) atoms. The fraction of sp³-hybridized carbons (Fsp3) is 0.972. The first-order valence-electron chi connectivity index (χ1n) is 19.3. The molecule has 2 aliphatic rings. The van der Waals surface area contributed by atoms with Gasteiger partial charge >= 0.3 is 0 Å². The molecule has 0 aromatic rings. The van der Waals surface area contributed by atoms with Gasteiger partial charge in [0.05, 0.1) is 32.0 Å². The van der Waals surface area contributed by atoms with E-state index in [9.17, 15) is 45.6 Å². The van der Waals surface area contributed by atoms with Crippen molar-refractivity contribution in [2.75, 3.05) is 19.8 Å². The van der Waals surface area contributed by atoms with E-state index in [-0.39, 0.29) is 12.5 Å². The molecule has 0 aromatic carbocycles. The molecule has 9 N–H and O–H groups in total. The number of hydrogen-bond donors (Lipinski definition) is 9. The molecule has 1 amide bonds. The summed E-state index contributed by atoms with van der Waals surface area (Å²) in [7, 11) is 0. The lowest BCUT2D eigenvalue weighted by Gasteiger charge is -2.46. The predicted molar refractivity (Wildman–Crippen MR) is 185 cm³/mol. The summed E-state index contributed by atoms with van der Waals surface area (Å²) in [5, 5.41) is 85.5. The highest BCUT2D eigenvalue weighted by Crippen LogP contribution is 2.30. The molecule has 0 bridgehead atoms. The number of carbonyl (C=O) groups is 1. The number of unbranched alkanes of at least 4 members (excludes halogenated alkanes) is 14. The Balaban J connectivity index is 1.84. The molecule has 0 aromatic heterocycles. The molecule has 14 nitrogen and oxygen atoms in total. The van der Waals surface area contributed by atoms with Gasteiger partial charge in [0, 0.05) is 6.42 Å². The topological polar surface area (TPSA) is 228 Å². The van der Waals surface area contributed by atoms with Crippen molar-refractivity contribution in [3.63, 3.8) is 0 Å². The Kier molecular flexibility index (Phi) is 23.4. The predicted octanol–water partition coefficient (Wildman–Crippen LogP) is 1.53. The van der Waals surface area contributed by atoms with Crippen molar-refractivity contribution in [1.82, 2.24) is 5.32 Å². The summed E-state index contributed by atoms with van der Waals surface area (Å²) in [4.78, 5) is 12.9. The summed E-state index contributed by atoms with van der Waals surface area (Å²) in [5.41, 5.74) is 0. The molecular formula is C36H69NO13. The summed E-state index contributed by atoms with van der Waals surface area (Å²) in [6.45, 7) is 2.63. The minimum atomic E-state index is -1.77. The Labute approximate surface area is 298 Å². The van der Waals surface area contributed by atoms with E-state index in [1.807, 2.05) is 6.92 Å². The van der Waals surface area contributed by atoms with E-state index in [2.05, 4.69) is 12.2 Å². The van der Waals surface area contributed by atoms with Crippen molar-refractivity contribution >= 4 is 5.91 Å². The molecule has 14 heteroatoms. The lowest BCUT2D eigenvalue weighted by Crippen LogP contribution is -2.65. The number of aliphatic hydroxyl groups is 8. The highest BCUT2D eigenvalue weighted by atomic mass is 16.7. The number of amides is 1. The van der Waals surface area contributed by atoms with Gasteiger partial charge in [0.15, 0.2) is 12.6 Å². The molecule has 0 spiro atoms. The zero-order valence-electron chi connectivity index (χ0n) is 30.4. The van der Waals surface area contributed by atoms with Crippen LogP contribution in [0.4, 0.5) is 0 Å². The molecule has 2 saturated heterocycles. The Morgan fingerprint density at radius 2 is 1.14 bits per heavy atom. The maximum Gasteiger partial charge on any atom is 0.220 e. The summed E-state index contributed by atoms with van der Waals surface area (Å²) < 4.78 is 22.4. The number of hydrogen-bond acceptors (Lipinski definition) is 13. The van der Waals surface area contributed by atoms with E-state index < -0.39 is 86.8 Å². The van der Waals surface area contributed by atoms with Crippen LogP contribution in [0.1, 0.15) is 129 Å². The van der Waals surface area contributed by atoms with Crippen LogP contribution in [0.2, 0.25) is 0 Å². The van der Waals surface area contributed by atoms with Crippen molar-refractivity contribution in [3.05, 3.63) is 0 Å². The smallest absolute Gasteiger partial charge is 0.220 e. The quantitative estimate of drug-likeness (QED) is 0.0549. The van der Waals surface area contributed by atoms with E-state index in [0.29, 0.717) is 12.8 Å². The molecule has 296 valence electrons. The van der Waals surface area contributed by atoms with Gasteiger partial charge in [-0.15, -0.1) is 0 Å². The number of carbonyl (C=O) groups excluding carboxylic acids is 1. The molecule has 2 fully saturated rings. The molecule has 12 atom stereocenters. The molecule has 0 radical (unpaired) electrons. The number of rotatable bonds is 27. The molecule has 2 rings (SSSR count). The Bertz CT molecular complexity index is 868. The third-order valence-electron chi connectivity index (χ3n) is 9.82. The molecule has 0 saturated carbocycles. The third-order valence-corrected chi connectivity index (χ3v) is 9.82.